The largest absolute Gasteiger partial charge is 0.368 e. The number of amides is 1. The zero-order valence-electron chi connectivity index (χ0n) is 11.7. The number of nitrogens with one attached hydrogen (secondary N) is 1. The third kappa shape index (κ3) is 5.61. The summed E-state index contributed by atoms with van der Waals surface area (Å²) in [5.41, 5.74) is 7.42. The summed E-state index contributed by atoms with van der Waals surface area (Å²) in [6.45, 7) is 6.31. The number of rotatable bonds is 7. The fraction of sp³-hybridized carbons (Fsp3) is 0.500. The normalized spacial score (nSPS) is 10.8. The van der Waals surface area contributed by atoms with Crippen molar-refractivity contribution in [2.45, 2.75) is 20.4 Å². The third-order valence-corrected chi connectivity index (χ3v) is 3.21. The molecule has 0 saturated carbocycles. The Kier molecular flexibility index (Phi) is 6.31. The molecule has 0 fully saturated rings. The van der Waals surface area contributed by atoms with Crippen LogP contribution in [0.2, 0.25) is 0 Å². The van der Waals surface area contributed by atoms with Crippen molar-refractivity contribution >= 4 is 27.5 Å². The van der Waals surface area contributed by atoms with Crippen molar-refractivity contribution in [3.05, 3.63) is 28.2 Å². The first-order chi connectivity index (χ1) is 8.90. The summed E-state index contributed by atoms with van der Waals surface area (Å²) >= 11 is 3.48. The molecule has 0 bridgehead atoms. The lowest BCUT2D eigenvalue weighted by molar-refractivity contribution is -0.116. The number of primary amides is 1. The highest BCUT2D eigenvalue weighted by Gasteiger charge is 2.10. The Hall–Kier alpha value is -1.07. The van der Waals surface area contributed by atoms with E-state index in [0.717, 1.165) is 28.8 Å². The Balaban J connectivity index is 2.81. The van der Waals surface area contributed by atoms with Crippen LogP contribution < -0.4 is 16.0 Å². The lowest BCUT2D eigenvalue weighted by Gasteiger charge is -2.22. The summed E-state index contributed by atoms with van der Waals surface area (Å²) < 4.78 is 1.03. The molecule has 4 nitrogen and oxygen atoms in total. The molecule has 0 aliphatic rings. The number of nitrogens with two attached hydrogens (primary N) is 1. The van der Waals surface area contributed by atoms with Gasteiger partial charge in [0.15, 0.2) is 0 Å². The highest BCUT2D eigenvalue weighted by Crippen LogP contribution is 2.23. The molecule has 1 aromatic carbocycles. The second kappa shape index (κ2) is 7.50. The van der Waals surface area contributed by atoms with E-state index in [4.69, 9.17) is 5.73 Å². The van der Waals surface area contributed by atoms with Crippen LogP contribution >= 0.6 is 15.9 Å². The molecule has 0 unspecified atom stereocenters. The summed E-state index contributed by atoms with van der Waals surface area (Å²) in [5, 5.41) is 3.41. The topological polar surface area (TPSA) is 58.4 Å². The van der Waals surface area contributed by atoms with Gasteiger partial charge in [0.25, 0.3) is 0 Å². The number of hydrogen-bond acceptors (Lipinski definition) is 3. The van der Waals surface area contributed by atoms with E-state index in [1.165, 1.54) is 0 Å². The molecule has 3 N–H and O–H groups in total. The molecule has 0 aromatic heterocycles. The summed E-state index contributed by atoms with van der Waals surface area (Å²) in [5.74, 6) is 0.283. The van der Waals surface area contributed by atoms with E-state index in [-0.39, 0.29) is 12.5 Å². The predicted octanol–water partition coefficient (Wildman–Crippen LogP) is 2.12. The van der Waals surface area contributed by atoms with Crippen LogP contribution in [0.1, 0.15) is 19.4 Å². The van der Waals surface area contributed by atoms with Crippen molar-refractivity contribution in [3.63, 3.8) is 0 Å². The van der Waals surface area contributed by atoms with Crippen LogP contribution in [0.5, 0.6) is 0 Å². The Labute approximate surface area is 123 Å². The Bertz CT molecular complexity index is 435. The maximum Gasteiger partial charge on any atom is 0.236 e. The number of anilines is 1. The van der Waals surface area contributed by atoms with Gasteiger partial charge in [-0.1, -0.05) is 29.8 Å². The predicted molar refractivity (Wildman–Crippen MR) is 83.2 cm³/mol. The standard InChI is InChI=1S/C14H22BrN3O/c1-10(2)7-17-8-11-6-12(15)4-5-13(11)18(3)9-14(16)19/h4-6,10,17H,7-9H2,1-3H3,(H2,16,19). The molecule has 0 radical (unpaired) electrons. The lowest BCUT2D eigenvalue weighted by atomic mass is 10.1. The fourth-order valence-electron chi connectivity index (χ4n) is 1.88. The summed E-state index contributed by atoms with van der Waals surface area (Å²) in [6.07, 6.45) is 0. The summed E-state index contributed by atoms with van der Waals surface area (Å²) in [7, 11) is 1.87. The zero-order chi connectivity index (χ0) is 14.4. The average Bonchev–Trinajstić information content (AvgIpc) is 2.27. The average molecular weight is 328 g/mol. The minimum Gasteiger partial charge on any atom is -0.368 e. The molecular formula is C14H22BrN3O. The Morgan fingerprint density at radius 3 is 2.74 bits per heavy atom. The molecule has 19 heavy (non-hydrogen) atoms. The third-order valence-electron chi connectivity index (χ3n) is 2.71. The molecule has 0 atom stereocenters. The highest BCUT2D eigenvalue weighted by molar-refractivity contribution is 9.10. The monoisotopic (exact) mass is 327 g/mol. The number of carbonyl (C=O) groups is 1. The van der Waals surface area contributed by atoms with Crippen molar-refractivity contribution < 1.29 is 4.79 Å². The number of carbonyl (C=O) groups excluding carboxylic acids is 1. The molecule has 1 amide bonds. The van der Waals surface area contributed by atoms with E-state index in [2.05, 4.69) is 41.2 Å². The van der Waals surface area contributed by atoms with Gasteiger partial charge in [0.05, 0.1) is 6.54 Å². The van der Waals surface area contributed by atoms with Crippen molar-refractivity contribution in [3.8, 4) is 0 Å². The van der Waals surface area contributed by atoms with Crippen LogP contribution in [0, 0.1) is 5.92 Å². The minimum atomic E-state index is -0.327. The van der Waals surface area contributed by atoms with Gasteiger partial charge >= 0.3 is 0 Å². The van der Waals surface area contributed by atoms with Gasteiger partial charge in [-0.15, -0.1) is 0 Å². The second-order valence-corrected chi connectivity index (χ2v) is 6.04. The van der Waals surface area contributed by atoms with E-state index in [1.807, 2.05) is 24.1 Å². The molecule has 0 saturated heterocycles. The maximum atomic E-state index is 11.0. The molecular weight excluding hydrogens is 306 g/mol. The van der Waals surface area contributed by atoms with Crippen molar-refractivity contribution in [2.75, 3.05) is 25.0 Å². The molecule has 0 aliphatic carbocycles. The van der Waals surface area contributed by atoms with E-state index in [9.17, 15) is 4.79 Å². The quantitative estimate of drug-likeness (QED) is 0.806. The van der Waals surface area contributed by atoms with Crippen LogP contribution in [0.15, 0.2) is 22.7 Å². The molecule has 0 aliphatic heterocycles. The summed E-state index contributed by atoms with van der Waals surface area (Å²) in [6, 6.07) is 6.04. The minimum absolute atomic E-state index is 0.221. The molecule has 106 valence electrons. The summed E-state index contributed by atoms with van der Waals surface area (Å²) in [4.78, 5) is 12.9. The van der Waals surface area contributed by atoms with E-state index in [0.29, 0.717) is 5.92 Å². The fourth-order valence-corrected chi connectivity index (χ4v) is 2.29. The van der Waals surface area contributed by atoms with Crippen molar-refractivity contribution in [2.24, 2.45) is 11.7 Å². The zero-order valence-corrected chi connectivity index (χ0v) is 13.3. The first kappa shape index (κ1) is 16.0. The van der Waals surface area contributed by atoms with Gasteiger partial charge in [0.2, 0.25) is 5.91 Å². The van der Waals surface area contributed by atoms with Gasteiger partial charge < -0.3 is 16.0 Å². The number of benzene rings is 1. The van der Waals surface area contributed by atoms with Gasteiger partial charge in [0.1, 0.15) is 0 Å². The van der Waals surface area contributed by atoms with Crippen molar-refractivity contribution in [1.29, 1.82) is 0 Å². The number of likely N-dealkylation sites (N-methyl/N-ethyl adjacent to an activating group) is 1. The number of nitrogens with zero attached hydrogens (tertiary/aromatic N) is 1. The Morgan fingerprint density at radius 1 is 1.47 bits per heavy atom. The van der Waals surface area contributed by atoms with Crippen LogP contribution in [0.3, 0.4) is 0 Å². The lowest BCUT2D eigenvalue weighted by Crippen LogP contribution is -2.31. The molecule has 0 spiro atoms. The van der Waals surface area contributed by atoms with E-state index >= 15 is 0 Å². The first-order valence-electron chi connectivity index (χ1n) is 6.38. The molecule has 5 heteroatoms. The smallest absolute Gasteiger partial charge is 0.236 e. The SMILES string of the molecule is CC(C)CNCc1cc(Br)ccc1N(C)CC(N)=O. The van der Waals surface area contributed by atoms with E-state index < -0.39 is 0 Å². The van der Waals surface area contributed by atoms with Crippen LogP contribution in [0.25, 0.3) is 0 Å². The van der Waals surface area contributed by atoms with Gasteiger partial charge in [-0.3, -0.25) is 4.79 Å². The Morgan fingerprint density at radius 2 is 2.16 bits per heavy atom. The first-order valence-corrected chi connectivity index (χ1v) is 7.18. The van der Waals surface area contributed by atoms with Crippen LogP contribution in [0.4, 0.5) is 5.69 Å². The number of halogens is 1. The number of hydrogen-bond donors (Lipinski definition) is 2. The van der Waals surface area contributed by atoms with Gasteiger partial charge in [-0.2, -0.15) is 0 Å². The van der Waals surface area contributed by atoms with Gasteiger partial charge in [-0.25, -0.2) is 0 Å². The van der Waals surface area contributed by atoms with Crippen LogP contribution in [-0.2, 0) is 11.3 Å². The molecule has 0 heterocycles. The second-order valence-electron chi connectivity index (χ2n) is 5.12. The molecule has 1 rings (SSSR count). The van der Waals surface area contributed by atoms with Gasteiger partial charge in [0, 0.05) is 23.8 Å². The van der Waals surface area contributed by atoms with Crippen LogP contribution in [-0.4, -0.2) is 26.0 Å². The van der Waals surface area contributed by atoms with E-state index in [1.54, 1.807) is 0 Å². The van der Waals surface area contributed by atoms with Crippen molar-refractivity contribution in [1.82, 2.24) is 5.32 Å². The highest BCUT2D eigenvalue weighted by atomic mass is 79.9. The maximum absolute atomic E-state index is 11.0. The molecule has 1 aromatic rings. The van der Waals surface area contributed by atoms with Gasteiger partial charge in [-0.05, 0) is 36.2 Å².